The van der Waals surface area contributed by atoms with Crippen molar-refractivity contribution in [2.24, 2.45) is 0 Å². The first-order chi connectivity index (χ1) is 28.8. The number of fused-ring (bicyclic) bond motifs is 4. The van der Waals surface area contributed by atoms with Crippen LogP contribution in [0.5, 0.6) is 0 Å². The van der Waals surface area contributed by atoms with Crippen molar-refractivity contribution in [3.05, 3.63) is 143 Å². The molecule has 0 N–H and O–H groups in total. The van der Waals surface area contributed by atoms with Crippen LogP contribution in [0.25, 0.3) is 34.0 Å². The highest BCUT2D eigenvalue weighted by atomic mass is 32.2. The normalized spacial score (nSPS) is 14.7. The number of anilines is 2. The van der Waals surface area contributed by atoms with Crippen LogP contribution in [-0.4, -0.2) is 61.9 Å². The summed E-state index contributed by atoms with van der Waals surface area (Å²) < 4.78 is 9.60. The maximum Gasteiger partial charge on any atom is 0.213 e. The molecular formula is C51H58N6S2+4. The molecule has 0 saturated carbocycles. The van der Waals surface area contributed by atoms with Gasteiger partial charge in [0, 0.05) is 60.0 Å². The van der Waals surface area contributed by atoms with Crippen molar-refractivity contribution in [2.45, 2.75) is 68.8 Å². The first-order valence-electron chi connectivity index (χ1n) is 21.2. The summed E-state index contributed by atoms with van der Waals surface area (Å²) in [5.41, 5.74) is 10.7. The third-order valence-corrected chi connectivity index (χ3v) is 14.1. The Labute approximate surface area is 359 Å². The molecule has 0 fully saturated rings. The molecule has 0 radical (unpaired) electrons. The van der Waals surface area contributed by atoms with Crippen LogP contribution in [0.3, 0.4) is 0 Å². The van der Waals surface area contributed by atoms with Crippen LogP contribution < -0.4 is 18.9 Å². The summed E-state index contributed by atoms with van der Waals surface area (Å²) in [7, 11) is 8.86. The highest BCUT2D eigenvalue weighted by Crippen LogP contribution is 2.47. The second-order valence-electron chi connectivity index (χ2n) is 15.8. The molecule has 59 heavy (non-hydrogen) atoms. The lowest BCUT2D eigenvalue weighted by Crippen LogP contribution is -2.36. The van der Waals surface area contributed by atoms with E-state index in [2.05, 4.69) is 204 Å². The Bertz CT molecular complexity index is 2450. The van der Waals surface area contributed by atoms with Gasteiger partial charge in [0.25, 0.3) is 0 Å². The fourth-order valence-electron chi connectivity index (χ4n) is 8.64. The average Bonchev–Trinajstić information content (AvgIpc) is 3.80. The van der Waals surface area contributed by atoms with Gasteiger partial charge in [-0.2, -0.15) is 9.13 Å². The Morgan fingerprint density at radius 2 is 0.932 bits per heavy atom. The molecule has 2 aliphatic rings. The number of hydrogen-bond acceptors (Lipinski definition) is 4. The van der Waals surface area contributed by atoms with E-state index in [1.54, 1.807) is 0 Å². The number of aryl methyl sites for hydroxylation is 2. The molecule has 0 spiro atoms. The number of pyridine rings is 2. The Kier molecular flexibility index (Phi) is 12.7. The molecule has 4 heterocycles. The number of aromatic nitrogens is 2. The summed E-state index contributed by atoms with van der Waals surface area (Å²) >= 11 is 3.75. The van der Waals surface area contributed by atoms with Gasteiger partial charge in [-0.1, -0.05) is 72.1 Å². The number of thioether (sulfide) groups is 2. The van der Waals surface area contributed by atoms with Crippen molar-refractivity contribution in [1.29, 1.82) is 0 Å². The van der Waals surface area contributed by atoms with Crippen LogP contribution in [0.1, 0.15) is 57.1 Å². The lowest BCUT2D eigenvalue weighted by atomic mass is 10.0. The first kappa shape index (κ1) is 40.6. The van der Waals surface area contributed by atoms with E-state index in [1.165, 1.54) is 75.6 Å². The molecule has 300 valence electrons. The molecule has 0 bridgehead atoms. The van der Waals surface area contributed by atoms with Crippen molar-refractivity contribution >= 4 is 80.3 Å². The van der Waals surface area contributed by atoms with Crippen LogP contribution in [0.4, 0.5) is 11.4 Å². The molecule has 8 heteroatoms. The van der Waals surface area contributed by atoms with E-state index >= 15 is 0 Å². The zero-order valence-corrected chi connectivity index (χ0v) is 37.2. The van der Waals surface area contributed by atoms with Crippen LogP contribution in [0.2, 0.25) is 0 Å². The second-order valence-corrected chi connectivity index (χ2v) is 18.0. The topological polar surface area (TPSA) is 20.3 Å². The van der Waals surface area contributed by atoms with Crippen LogP contribution >= 0.6 is 23.5 Å². The Balaban J connectivity index is 0.913. The van der Waals surface area contributed by atoms with Gasteiger partial charge >= 0.3 is 0 Å². The fraction of sp³-hybridized carbons (Fsp3) is 0.294. The van der Waals surface area contributed by atoms with Gasteiger partial charge in [0.1, 0.15) is 28.2 Å². The first-order valence-corrected chi connectivity index (χ1v) is 22.8. The summed E-state index contributed by atoms with van der Waals surface area (Å²) in [5, 5.41) is 5.18. The summed E-state index contributed by atoms with van der Waals surface area (Å²) in [4.78, 5) is 7.52. The molecule has 0 amide bonds. The summed E-state index contributed by atoms with van der Waals surface area (Å²) in [5.74, 6) is 0. The molecule has 0 aliphatic carbocycles. The number of benzene rings is 4. The minimum Gasteiger partial charge on any atom is -0.335 e. The van der Waals surface area contributed by atoms with Gasteiger partial charge in [0.2, 0.25) is 11.0 Å². The molecule has 6 nitrogen and oxygen atoms in total. The third kappa shape index (κ3) is 8.76. The predicted molar refractivity (Wildman–Crippen MR) is 252 cm³/mol. The van der Waals surface area contributed by atoms with Crippen LogP contribution in [0, 0.1) is 0 Å². The number of para-hydroxylation sites is 4. The fourth-order valence-corrected chi connectivity index (χ4v) is 11.0. The molecule has 4 aromatic carbocycles. The summed E-state index contributed by atoms with van der Waals surface area (Å²) in [6, 6.07) is 39.9. The Hall–Kier alpha value is -5.18. The van der Waals surface area contributed by atoms with Crippen molar-refractivity contribution in [2.75, 3.05) is 51.1 Å². The van der Waals surface area contributed by atoms with Crippen LogP contribution in [0.15, 0.2) is 141 Å². The van der Waals surface area contributed by atoms with Gasteiger partial charge in [0.05, 0.1) is 45.0 Å². The lowest BCUT2D eigenvalue weighted by molar-refractivity contribution is -0.670. The molecular weight excluding hydrogens is 761 g/mol. The SMILES string of the molecule is CCN1C(=Cc2cc[n+](CCC(CCCC(CC[n+]3ccc(C=C4Sc5ccccc5N4CC)c4ccccc43)=[N+](C)C)=[N+](C)C)c3ccccc23)Sc2ccccc21. The van der Waals surface area contributed by atoms with Crippen molar-refractivity contribution in [3.8, 4) is 0 Å². The van der Waals surface area contributed by atoms with E-state index in [1.807, 2.05) is 23.5 Å². The number of nitrogens with zero attached hydrogens (tertiary/aromatic N) is 6. The molecule has 8 rings (SSSR count). The van der Waals surface area contributed by atoms with Gasteiger partial charge in [-0.15, -0.1) is 0 Å². The smallest absolute Gasteiger partial charge is 0.213 e. The van der Waals surface area contributed by atoms with Crippen molar-refractivity contribution in [3.63, 3.8) is 0 Å². The molecule has 0 saturated heterocycles. The Morgan fingerprint density at radius 1 is 0.525 bits per heavy atom. The van der Waals surface area contributed by atoms with Gasteiger partial charge in [-0.25, -0.2) is 9.15 Å². The van der Waals surface area contributed by atoms with Gasteiger partial charge < -0.3 is 9.80 Å². The Morgan fingerprint density at radius 3 is 1.36 bits per heavy atom. The van der Waals surface area contributed by atoms with E-state index in [-0.39, 0.29) is 0 Å². The van der Waals surface area contributed by atoms with E-state index < -0.39 is 0 Å². The minimum absolute atomic E-state index is 0.953. The maximum absolute atomic E-state index is 2.45. The monoisotopic (exact) mass is 818 g/mol. The van der Waals surface area contributed by atoms with E-state index in [0.29, 0.717) is 0 Å². The van der Waals surface area contributed by atoms with Crippen LogP contribution in [-0.2, 0) is 13.1 Å². The highest BCUT2D eigenvalue weighted by Gasteiger charge is 2.26. The van der Waals surface area contributed by atoms with E-state index in [0.717, 1.165) is 58.3 Å². The highest BCUT2D eigenvalue weighted by molar-refractivity contribution is 8.04. The number of hydrogen-bond donors (Lipinski definition) is 0. The van der Waals surface area contributed by atoms with E-state index in [9.17, 15) is 0 Å². The molecule has 0 unspecified atom stereocenters. The van der Waals surface area contributed by atoms with Gasteiger partial charge in [-0.3, -0.25) is 0 Å². The van der Waals surface area contributed by atoms with Gasteiger partial charge in [-0.05, 0) is 79.9 Å². The second kappa shape index (κ2) is 18.4. The quantitative estimate of drug-likeness (QED) is 0.0806. The summed E-state index contributed by atoms with van der Waals surface area (Å²) in [6.07, 6.45) is 14.7. The predicted octanol–water partition coefficient (Wildman–Crippen LogP) is 10.5. The summed E-state index contributed by atoms with van der Waals surface area (Å²) in [6.45, 7) is 8.29. The van der Waals surface area contributed by atoms with Gasteiger partial charge in [0.15, 0.2) is 36.9 Å². The zero-order chi connectivity index (χ0) is 40.9. The van der Waals surface area contributed by atoms with E-state index in [4.69, 9.17) is 0 Å². The maximum atomic E-state index is 2.45. The number of rotatable bonds is 14. The molecule has 2 aliphatic heterocycles. The largest absolute Gasteiger partial charge is 0.335 e. The molecule has 0 atom stereocenters. The molecule has 2 aromatic heterocycles. The zero-order valence-electron chi connectivity index (χ0n) is 35.6. The standard InChI is InChI=1S/C51H58N6S2/c1-7-56-46-24-13-15-26-48(46)58-50(56)36-38-28-32-54(44-22-11-9-20-42(38)44)34-30-40(52(3)4)18-17-19-41(53(5)6)31-35-55-33-29-39(43-21-10-12-23-45(43)55)37-51-57(8-2)47-25-14-16-27-49(47)59-51/h9-16,20-29,32-33,36-37H,7-8,17-19,30-31,34-35H2,1-6H3/q+4. The third-order valence-electron chi connectivity index (χ3n) is 11.9. The average molecular weight is 819 g/mol. The van der Waals surface area contributed by atoms with Crippen molar-refractivity contribution in [1.82, 2.24) is 0 Å². The minimum atomic E-state index is 0.953. The molecule has 6 aromatic rings. The lowest BCUT2D eigenvalue weighted by Gasteiger charge is -2.18. The van der Waals surface area contributed by atoms with Crippen molar-refractivity contribution < 1.29 is 18.3 Å².